The highest BCUT2D eigenvalue weighted by molar-refractivity contribution is 5.98. The Morgan fingerprint density at radius 1 is 1.22 bits per heavy atom. The van der Waals surface area contributed by atoms with Crippen LogP contribution in [0.1, 0.15) is 40.2 Å². The first-order valence-corrected chi connectivity index (χ1v) is 6.08. The second-order valence-corrected chi connectivity index (χ2v) is 4.43. The maximum atomic E-state index is 12.0. The number of aryl methyl sites for hydroxylation is 3. The first kappa shape index (κ1) is 12.5. The molecule has 0 atom stereocenters. The molecule has 5 heteroatoms. The molecule has 0 saturated carbocycles. The lowest BCUT2D eigenvalue weighted by Gasteiger charge is -2.08. The minimum Gasteiger partial charge on any atom is -0.351 e. The Bertz CT molecular complexity index is 628. The van der Waals surface area contributed by atoms with Gasteiger partial charge in [-0.25, -0.2) is 9.97 Å². The largest absolute Gasteiger partial charge is 0.351 e. The molecule has 0 fully saturated rings. The van der Waals surface area contributed by atoms with Crippen molar-refractivity contribution in [3.8, 4) is 0 Å². The molecule has 0 unspecified atom stereocenters. The lowest BCUT2D eigenvalue weighted by atomic mass is 10.2. The van der Waals surface area contributed by atoms with Gasteiger partial charge in [-0.3, -0.25) is 9.20 Å². The first-order valence-electron chi connectivity index (χ1n) is 6.08. The Kier molecular flexibility index (Phi) is 3.07. The third-order valence-electron chi connectivity index (χ3n) is 3.27. The fourth-order valence-electron chi connectivity index (χ4n) is 2.09. The molecule has 0 radical (unpaired) electrons. The molecular weight excluding hydrogens is 228 g/mol. The van der Waals surface area contributed by atoms with Crippen LogP contribution in [0.4, 0.5) is 0 Å². The number of carbonyl (C=O) groups is 1. The summed E-state index contributed by atoms with van der Waals surface area (Å²) < 4.78 is 1.94. The van der Waals surface area contributed by atoms with Crippen LogP contribution in [0.2, 0.25) is 0 Å². The van der Waals surface area contributed by atoms with Gasteiger partial charge < -0.3 is 5.32 Å². The van der Waals surface area contributed by atoms with Crippen molar-refractivity contribution in [3.05, 3.63) is 28.5 Å². The molecule has 18 heavy (non-hydrogen) atoms. The average Bonchev–Trinajstić information content (AvgIpc) is 2.64. The van der Waals surface area contributed by atoms with Crippen molar-refractivity contribution in [2.75, 3.05) is 6.54 Å². The summed E-state index contributed by atoms with van der Waals surface area (Å²) in [5.41, 5.74) is 4.19. The van der Waals surface area contributed by atoms with Crippen LogP contribution in [-0.2, 0) is 0 Å². The molecule has 0 aliphatic carbocycles. The SMILES string of the molecule is CCNC(=O)c1nc(C)n2c(C)c(C)c(C)nc12. The average molecular weight is 246 g/mol. The van der Waals surface area contributed by atoms with Gasteiger partial charge in [-0.05, 0) is 40.2 Å². The Hall–Kier alpha value is -1.91. The molecule has 2 aromatic rings. The molecular formula is C13H18N4O. The molecule has 1 N–H and O–H groups in total. The van der Waals surface area contributed by atoms with Crippen LogP contribution in [0.15, 0.2) is 0 Å². The van der Waals surface area contributed by atoms with Crippen LogP contribution in [0.5, 0.6) is 0 Å². The van der Waals surface area contributed by atoms with Gasteiger partial charge in [-0.15, -0.1) is 0 Å². The van der Waals surface area contributed by atoms with E-state index in [4.69, 9.17) is 0 Å². The maximum Gasteiger partial charge on any atom is 0.273 e. The number of hydrogen-bond acceptors (Lipinski definition) is 3. The number of hydrogen-bond donors (Lipinski definition) is 1. The summed E-state index contributed by atoms with van der Waals surface area (Å²) >= 11 is 0. The van der Waals surface area contributed by atoms with Gasteiger partial charge in [0.2, 0.25) is 0 Å². The fraction of sp³-hybridized carbons (Fsp3) is 0.462. The molecule has 5 nitrogen and oxygen atoms in total. The highest BCUT2D eigenvalue weighted by atomic mass is 16.1. The van der Waals surface area contributed by atoms with E-state index in [0.717, 1.165) is 22.8 Å². The number of carbonyl (C=O) groups excluding carboxylic acids is 1. The normalized spacial score (nSPS) is 10.9. The Morgan fingerprint density at radius 3 is 2.50 bits per heavy atom. The van der Waals surface area contributed by atoms with Crippen molar-refractivity contribution >= 4 is 11.6 Å². The van der Waals surface area contributed by atoms with Gasteiger partial charge in [-0.1, -0.05) is 0 Å². The van der Waals surface area contributed by atoms with Crippen LogP contribution in [0.25, 0.3) is 5.65 Å². The second-order valence-electron chi connectivity index (χ2n) is 4.43. The summed E-state index contributed by atoms with van der Waals surface area (Å²) in [6.45, 7) is 10.4. The van der Waals surface area contributed by atoms with Gasteiger partial charge >= 0.3 is 0 Å². The quantitative estimate of drug-likeness (QED) is 0.877. The summed E-state index contributed by atoms with van der Waals surface area (Å²) in [6, 6.07) is 0. The highest BCUT2D eigenvalue weighted by Crippen LogP contribution is 2.18. The van der Waals surface area contributed by atoms with E-state index < -0.39 is 0 Å². The maximum absolute atomic E-state index is 12.0. The van der Waals surface area contributed by atoms with E-state index in [2.05, 4.69) is 15.3 Å². The molecule has 0 spiro atoms. The number of nitrogens with one attached hydrogen (secondary N) is 1. The molecule has 2 heterocycles. The predicted octanol–water partition coefficient (Wildman–Crippen LogP) is 1.71. The van der Waals surface area contributed by atoms with E-state index in [1.54, 1.807) is 0 Å². The molecule has 0 aliphatic rings. The van der Waals surface area contributed by atoms with Crippen LogP contribution in [-0.4, -0.2) is 26.8 Å². The molecule has 0 aliphatic heterocycles. The predicted molar refractivity (Wildman–Crippen MR) is 69.9 cm³/mol. The van der Waals surface area contributed by atoms with E-state index in [9.17, 15) is 4.79 Å². The molecule has 2 rings (SSSR count). The third-order valence-corrected chi connectivity index (χ3v) is 3.27. The second kappa shape index (κ2) is 4.40. The van der Waals surface area contributed by atoms with E-state index in [1.165, 1.54) is 0 Å². The molecule has 0 saturated heterocycles. The van der Waals surface area contributed by atoms with Crippen molar-refractivity contribution in [2.45, 2.75) is 34.6 Å². The smallest absolute Gasteiger partial charge is 0.273 e. The molecule has 0 aromatic carbocycles. The fourth-order valence-corrected chi connectivity index (χ4v) is 2.09. The van der Waals surface area contributed by atoms with Gasteiger partial charge in [0, 0.05) is 17.9 Å². The molecule has 0 bridgehead atoms. The third kappa shape index (κ3) is 1.75. The standard InChI is InChI=1S/C13H18N4O/c1-6-14-13(18)11-12-15-8(3)7(2)9(4)17(12)10(5)16-11/h6H2,1-5H3,(H,14,18). The number of rotatable bonds is 2. The highest BCUT2D eigenvalue weighted by Gasteiger charge is 2.19. The number of aromatic nitrogens is 3. The number of amides is 1. The van der Waals surface area contributed by atoms with Crippen LogP contribution in [0.3, 0.4) is 0 Å². The lowest BCUT2D eigenvalue weighted by Crippen LogP contribution is -2.23. The van der Waals surface area contributed by atoms with E-state index in [-0.39, 0.29) is 5.91 Å². The van der Waals surface area contributed by atoms with Gasteiger partial charge in [0.15, 0.2) is 11.3 Å². The Morgan fingerprint density at radius 2 is 1.89 bits per heavy atom. The summed E-state index contributed by atoms with van der Waals surface area (Å²) in [6.07, 6.45) is 0. The molecule has 1 amide bonds. The summed E-state index contributed by atoms with van der Waals surface area (Å²) in [4.78, 5) is 20.8. The zero-order valence-corrected chi connectivity index (χ0v) is 11.5. The zero-order chi connectivity index (χ0) is 13.4. The number of fused-ring (bicyclic) bond motifs is 1. The summed E-state index contributed by atoms with van der Waals surface area (Å²) in [5, 5.41) is 2.77. The van der Waals surface area contributed by atoms with Crippen molar-refractivity contribution in [3.63, 3.8) is 0 Å². The van der Waals surface area contributed by atoms with Crippen LogP contribution < -0.4 is 5.32 Å². The zero-order valence-electron chi connectivity index (χ0n) is 11.5. The van der Waals surface area contributed by atoms with Gasteiger partial charge in [0.1, 0.15) is 5.82 Å². The van der Waals surface area contributed by atoms with Crippen molar-refractivity contribution in [1.82, 2.24) is 19.7 Å². The molecule has 2 aromatic heterocycles. The van der Waals surface area contributed by atoms with Crippen molar-refractivity contribution < 1.29 is 4.79 Å². The number of nitrogens with zero attached hydrogens (tertiary/aromatic N) is 3. The lowest BCUT2D eigenvalue weighted by molar-refractivity contribution is 0.0952. The van der Waals surface area contributed by atoms with Gasteiger partial charge in [0.25, 0.3) is 5.91 Å². The van der Waals surface area contributed by atoms with E-state index in [1.807, 2.05) is 39.0 Å². The Labute approximate surface area is 106 Å². The van der Waals surface area contributed by atoms with E-state index in [0.29, 0.717) is 17.9 Å². The van der Waals surface area contributed by atoms with Crippen molar-refractivity contribution in [2.24, 2.45) is 0 Å². The van der Waals surface area contributed by atoms with E-state index >= 15 is 0 Å². The van der Waals surface area contributed by atoms with Gasteiger partial charge in [-0.2, -0.15) is 0 Å². The summed E-state index contributed by atoms with van der Waals surface area (Å²) in [7, 11) is 0. The minimum atomic E-state index is -0.168. The summed E-state index contributed by atoms with van der Waals surface area (Å²) in [5.74, 6) is 0.623. The van der Waals surface area contributed by atoms with Crippen LogP contribution >= 0.6 is 0 Å². The van der Waals surface area contributed by atoms with Gasteiger partial charge in [0.05, 0.1) is 0 Å². The minimum absolute atomic E-state index is 0.168. The first-order chi connectivity index (χ1) is 8.47. The topological polar surface area (TPSA) is 59.3 Å². The van der Waals surface area contributed by atoms with Crippen molar-refractivity contribution in [1.29, 1.82) is 0 Å². The Balaban J connectivity index is 2.75. The monoisotopic (exact) mass is 246 g/mol. The van der Waals surface area contributed by atoms with Crippen LogP contribution in [0, 0.1) is 27.7 Å². The molecule has 96 valence electrons. The number of imidazole rings is 1.